The van der Waals surface area contributed by atoms with Crippen molar-refractivity contribution in [1.82, 2.24) is 5.43 Å². The highest BCUT2D eigenvalue weighted by Crippen LogP contribution is 2.41. The van der Waals surface area contributed by atoms with E-state index in [2.05, 4.69) is 49.2 Å². The molecule has 30 heavy (non-hydrogen) atoms. The summed E-state index contributed by atoms with van der Waals surface area (Å²) in [6.45, 7) is 9.51. The van der Waals surface area contributed by atoms with E-state index in [1.165, 1.54) is 11.6 Å². The van der Waals surface area contributed by atoms with Crippen molar-refractivity contribution in [3.63, 3.8) is 0 Å². The topological polar surface area (TPSA) is 74.2 Å². The molecule has 6 nitrogen and oxygen atoms in total. The number of nitrogens with zero attached hydrogens (tertiary/aromatic N) is 2. The van der Waals surface area contributed by atoms with Crippen LogP contribution >= 0.6 is 22.6 Å². The summed E-state index contributed by atoms with van der Waals surface area (Å²) in [6, 6.07) is 8.79. The highest BCUT2D eigenvalue weighted by atomic mass is 127. The first-order valence-electron chi connectivity index (χ1n) is 9.69. The molecule has 0 spiro atoms. The maximum absolute atomic E-state index is 12.3. The first-order valence-corrected chi connectivity index (χ1v) is 10.8. The number of phenolic OH excluding ortho intramolecular Hbond substituents is 1. The van der Waals surface area contributed by atoms with Gasteiger partial charge in [-0.2, -0.15) is 5.10 Å². The van der Waals surface area contributed by atoms with Crippen LogP contribution in [0.3, 0.4) is 0 Å². The van der Waals surface area contributed by atoms with Crippen molar-refractivity contribution in [3.05, 3.63) is 56.7 Å². The van der Waals surface area contributed by atoms with Crippen molar-refractivity contribution in [1.29, 1.82) is 0 Å². The molecule has 0 radical (unpaired) electrons. The molecule has 0 aromatic heterocycles. The average Bonchev–Trinajstić information content (AvgIpc) is 2.69. The van der Waals surface area contributed by atoms with Crippen LogP contribution in [0.25, 0.3) is 5.57 Å². The highest BCUT2D eigenvalue weighted by Gasteiger charge is 2.31. The predicted molar refractivity (Wildman–Crippen MR) is 130 cm³/mol. The van der Waals surface area contributed by atoms with Crippen molar-refractivity contribution in [3.8, 4) is 11.5 Å². The second-order valence-corrected chi connectivity index (χ2v) is 8.86. The normalized spacial score (nSPS) is 15.0. The fourth-order valence-corrected chi connectivity index (χ4v) is 4.19. The molecule has 0 aliphatic carbocycles. The van der Waals surface area contributed by atoms with Crippen molar-refractivity contribution in [2.45, 2.75) is 33.2 Å². The van der Waals surface area contributed by atoms with Crippen LogP contribution in [0.4, 0.5) is 5.69 Å². The number of nitrogens with one attached hydrogen (secondary N) is 1. The lowest BCUT2D eigenvalue weighted by Crippen LogP contribution is -2.44. The molecule has 0 saturated carbocycles. The van der Waals surface area contributed by atoms with Gasteiger partial charge in [0.05, 0.1) is 22.4 Å². The largest absolute Gasteiger partial charge is 0.507 e. The van der Waals surface area contributed by atoms with E-state index in [9.17, 15) is 9.90 Å². The van der Waals surface area contributed by atoms with Crippen LogP contribution in [0.2, 0.25) is 0 Å². The Kier molecular flexibility index (Phi) is 6.40. The van der Waals surface area contributed by atoms with Gasteiger partial charge in [0.15, 0.2) is 0 Å². The molecule has 1 amide bonds. The Bertz CT molecular complexity index is 1040. The number of anilines is 1. The molecule has 1 aliphatic rings. The number of aromatic hydroxyl groups is 1. The molecule has 0 bridgehead atoms. The van der Waals surface area contributed by atoms with Gasteiger partial charge in [-0.05, 0) is 80.1 Å². The smallest absolute Gasteiger partial charge is 0.271 e. The zero-order valence-electron chi connectivity index (χ0n) is 17.8. The second-order valence-electron chi connectivity index (χ2n) is 7.70. The molecule has 3 rings (SSSR count). The van der Waals surface area contributed by atoms with Crippen LogP contribution in [-0.4, -0.2) is 36.4 Å². The number of carbonyl (C=O) groups is 1. The Labute approximate surface area is 190 Å². The van der Waals surface area contributed by atoms with Gasteiger partial charge in [-0.1, -0.05) is 6.08 Å². The predicted octanol–water partition coefficient (Wildman–Crippen LogP) is 4.79. The number of benzene rings is 2. The van der Waals surface area contributed by atoms with E-state index >= 15 is 0 Å². The van der Waals surface area contributed by atoms with Gasteiger partial charge in [-0.25, -0.2) is 5.43 Å². The third kappa shape index (κ3) is 4.30. The lowest BCUT2D eigenvalue weighted by atomic mass is 9.88. The van der Waals surface area contributed by atoms with Crippen LogP contribution < -0.4 is 15.1 Å². The van der Waals surface area contributed by atoms with Gasteiger partial charge in [0.2, 0.25) is 0 Å². The number of likely N-dealkylation sites (N-methyl/N-ethyl adjacent to an activating group) is 1. The third-order valence-corrected chi connectivity index (χ3v) is 6.14. The number of hydrogen-bond acceptors (Lipinski definition) is 5. The summed E-state index contributed by atoms with van der Waals surface area (Å²) >= 11 is 2.00. The van der Waals surface area contributed by atoms with E-state index < -0.39 is 5.91 Å². The molecule has 1 aliphatic heterocycles. The van der Waals surface area contributed by atoms with Crippen LogP contribution in [0, 0.1) is 3.57 Å². The fourth-order valence-electron chi connectivity index (χ4n) is 3.86. The summed E-state index contributed by atoms with van der Waals surface area (Å²) < 4.78 is 6.27. The van der Waals surface area contributed by atoms with E-state index in [1.807, 2.05) is 34.7 Å². The van der Waals surface area contributed by atoms with Gasteiger partial charge in [-0.15, -0.1) is 0 Å². The number of halogens is 1. The second kappa shape index (κ2) is 8.67. The van der Waals surface area contributed by atoms with Crippen LogP contribution in [-0.2, 0) is 0 Å². The number of ether oxygens (including phenoxy) is 1. The van der Waals surface area contributed by atoms with Gasteiger partial charge < -0.3 is 14.7 Å². The molecule has 158 valence electrons. The Morgan fingerprint density at radius 2 is 2.07 bits per heavy atom. The van der Waals surface area contributed by atoms with Gasteiger partial charge >= 0.3 is 0 Å². The Morgan fingerprint density at radius 3 is 2.70 bits per heavy atom. The summed E-state index contributed by atoms with van der Waals surface area (Å²) in [7, 11) is 1.62. The minimum Gasteiger partial charge on any atom is -0.507 e. The molecule has 1 heterocycles. The monoisotopic (exact) mass is 519 g/mol. The molecule has 0 fully saturated rings. The van der Waals surface area contributed by atoms with E-state index in [1.54, 1.807) is 25.5 Å². The lowest BCUT2D eigenvalue weighted by molar-refractivity contribution is 0.0954. The molecular weight excluding hydrogens is 493 g/mol. The van der Waals surface area contributed by atoms with Crippen molar-refractivity contribution in [2.24, 2.45) is 5.10 Å². The number of fused-ring (bicyclic) bond motifs is 1. The average molecular weight is 519 g/mol. The summed E-state index contributed by atoms with van der Waals surface area (Å²) in [5, 5.41) is 13.9. The number of methoxy groups -OCH3 is 1. The number of phenols is 1. The molecule has 2 N–H and O–H groups in total. The van der Waals surface area contributed by atoms with Crippen molar-refractivity contribution >= 4 is 46.0 Å². The van der Waals surface area contributed by atoms with Gasteiger partial charge in [0.1, 0.15) is 11.5 Å². The first kappa shape index (κ1) is 22.1. The maximum atomic E-state index is 12.3. The van der Waals surface area contributed by atoms with E-state index in [-0.39, 0.29) is 11.3 Å². The van der Waals surface area contributed by atoms with Crippen LogP contribution in [0.1, 0.15) is 49.2 Å². The van der Waals surface area contributed by atoms with E-state index in [4.69, 9.17) is 4.74 Å². The first-order chi connectivity index (χ1) is 14.2. The molecule has 2 aromatic rings. The third-order valence-electron chi connectivity index (χ3n) is 5.22. The SMILES string of the molecule is CCN1c2cc(OC)c(/C=N\NC(=O)c3ccc(I)c(O)c3)cc2C(C)=CC1(C)C. The molecule has 0 saturated heterocycles. The summed E-state index contributed by atoms with van der Waals surface area (Å²) in [4.78, 5) is 14.6. The summed E-state index contributed by atoms with van der Waals surface area (Å²) in [5.41, 5.74) is 6.95. The number of allylic oxidation sites excluding steroid dienone is 1. The lowest BCUT2D eigenvalue weighted by Gasteiger charge is -2.43. The molecule has 0 atom stereocenters. The summed E-state index contributed by atoms with van der Waals surface area (Å²) in [5.74, 6) is 0.349. The fraction of sp³-hybridized carbons (Fsp3) is 0.304. The number of hydrogen-bond donors (Lipinski definition) is 2. The van der Waals surface area contributed by atoms with Gasteiger partial charge in [-0.3, -0.25) is 4.79 Å². The standard InChI is InChI=1S/C23H26IN3O3/c1-6-27-19-11-21(30-5)16(9-17(19)14(2)12-23(27,3)4)13-25-26-22(29)15-7-8-18(24)20(28)10-15/h7-13,28H,6H2,1-5H3,(H,26,29)/b25-13-. The number of carbonyl (C=O) groups excluding carboxylic acids is 1. The number of amides is 1. The zero-order valence-corrected chi connectivity index (χ0v) is 19.9. The minimum absolute atomic E-state index is 0.0641. The number of hydrazone groups is 1. The number of rotatable bonds is 5. The van der Waals surface area contributed by atoms with Gasteiger partial charge in [0, 0.05) is 35.0 Å². The van der Waals surface area contributed by atoms with E-state index in [0.29, 0.717) is 14.9 Å². The quantitative estimate of drug-likeness (QED) is 0.339. The highest BCUT2D eigenvalue weighted by molar-refractivity contribution is 14.1. The Balaban J connectivity index is 1.89. The van der Waals surface area contributed by atoms with Crippen LogP contribution in [0.5, 0.6) is 11.5 Å². The zero-order chi connectivity index (χ0) is 22.1. The van der Waals surface area contributed by atoms with Crippen LogP contribution in [0.15, 0.2) is 41.5 Å². The minimum atomic E-state index is -0.398. The Morgan fingerprint density at radius 1 is 1.33 bits per heavy atom. The molecular formula is C23H26IN3O3. The maximum Gasteiger partial charge on any atom is 0.271 e. The van der Waals surface area contributed by atoms with E-state index in [0.717, 1.165) is 23.4 Å². The molecule has 0 unspecified atom stereocenters. The van der Waals surface area contributed by atoms with Crippen molar-refractivity contribution < 1.29 is 14.6 Å². The van der Waals surface area contributed by atoms with Gasteiger partial charge in [0.25, 0.3) is 5.91 Å². The molecule has 7 heteroatoms. The summed E-state index contributed by atoms with van der Waals surface area (Å²) in [6.07, 6.45) is 3.84. The Hall–Kier alpha value is -2.55. The molecule has 2 aromatic carbocycles. The van der Waals surface area contributed by atoms with Crippen molar-refractivity contribution in [2.75, 3.05) is 18.6 Å².